The van der Waals surface area contributed by atoms with Crippen LogP contribution < -0.4 is 9.47 Å². The molecule has 0 bridgehead atoms. The Bertz CT molecular complexity index is 1100. The summed E-state index contributed by atoms with van der Waals surface area (Å²) >= 11 is 6.43. The van der Waals surface area contributed by atoms with Crippen LogP contribution in [0.3, 0.4) is 0 Å². The van der Waals surface area contributed by atoms with Gasteiger partial charge in [-0.25, -0.2) is 4.68 Å². The van der Waals surface area contributed by atoms with E-state index < -0.39 is 0 Å². The van der Waals surface area contributed by atoms with Crippen molar-refractivity contribution in [2.75, 3.05) is 13.2 Å². The first-order chi connectivity index (χ1) is 14.7. The number of ether oxygens (including phenoxy) is 2. The highest BCUT2D eigenvalue weighted by Crippen LogP contribution is 2.30. The Morgan fingerprint density at radius 2 is 1.73 bits per heavy atom. The number of hydrogen-bond donors (Lipinski definition) is 0. The van der Waals surface area contributed by atoms with Gasteiger partial charge in [0.15, 0.2) is 0 Å². The quantitative estimate of drug-likeness (QED) is 0.365. The minimum atomic E-state index is 0.419. The SMILES string of the molecule is CCOc1cc(-c2ccccc2)nn1CCOc1ccc(-c2cccnc2)cc1Cl. The van der Waals surface area contributed by atoms with Crippen LogP contribution in [0.4, 0.5) is 0 Å². The molecular weight excluding hydrogens is 398 g/mol. The molecule has 30 heavy (non-hydrogen) atoms. The molecule has 0 amide bonds. The van der Waals surface area contributed by atoms with Gasteiger partial charge in [-0.3, -0.25) is 4.98 Å². The van der Waals surface area contributed by atoms with Crippen molar-refractivity contribution in [2.24, 2.45) is 0 Å². The molecule has 5 nitrogen and oxygen atoms in total. The third-order valence-electron chi connectivity index (χ3n) is 4.59. The summed E-state index contributed by atoms with van der Waals surface area (Å²) in [6.07, 6.45) is 3.56. The van der Waals surface area contributed by atoms with Crippen molar-refractivity contribution >= 4 is 11.6 Å². The van der Waals surface area contributed by atoms with Gasteiger partial charge in [-0.2, -0.15) is 5.10 Å². The van der Waals surface area contributed by atoms with Gasteiger partial charge in [0.1, 0.15) is 12.4 Å². The average Bonchev–Trinajstić information content (AvgIpc) is 3.19. The molecular formula is C24H22ClN3O2. The summed E-state index contributed by atoms with van der Waals surface area (Å²) in [5.74, 6) is 1.36. The fourth-order valence-electron chi connectivity index (χ4n) is 3.15. The molecule has 6 heteroatoms. The predicted molar refractivity (Wildman–Crippen MR) is 119 cm³/mol. The number of halogens is 1. The molecule has 0 unspecified atom stereocenters. The molecule has 2 aromatic heterocycles. The number of aromatic nitrogens is 3. The average molecular weight is 420 g/mol. The van der Waals surface area contributed by atoms with Gasteiger partial charge in [-0.05, 0) is 30.7 Å². The van der Waals surface area contributed by atoms with Crippen LogP contribution in [0.15, 0.2) is 79.1 Å². The number of nitrogens with zero attached hydrogens (tertiary/aromatic N) is 3. The van der Waals surface area contributed by atoms with Crippen LogP contribution >= 0.6 is 11.6 Å². The Labute approximate surface area is 180 Å². The first-order valence-corrected chi connectivity index (χ1v) is 10.2. The largest absolute Gasteiger partial charge is 0.490 e. The van der Waals surface area contributed by atoms with Crippen molar-refractivity contribution in [1.82, 2.24) is 14.8 Å². The molecule has 0 fully saturated rings. The Morgan fingerprint density at radius 1 is 0.900 bits per heavy atom. The van der Waals surface area contributed by atoms with Gasteiger partial charge >= 0.3 is 0 Å². The van der Waals surface area contributed by atoms with E-state index in [1.54, 1.807) is 6.20 Å². The zero-order valence-electron chi connectivity index (χ0n) is 16.7. The van der Waals surface area contributed by atoms with Crippen molar-refractivity contribution in [3.63, 3.8) is 0 Å². The molecule has 0 radical (unpaired) electrons. The smallest absolute Gasteiger partial charge is 0.212 e. The van der Waals surface area contributed by atoms with Gasteiger partial charge in [-0.1, -0.05) is 54.1 Å². The second-order valence-corrected chi connectivity index (χ2v) is 7.03. The lowest BCUT2D eigenvalue weighted by atomic mass is 10.1. The third kappa shape index (κ3) is 4.63. The number of hydrogen-bond acceptors (Lipinski definition) is 4. The van der Waals surface area contributed by atoms with E-state index in [9.17, 15) is 0 Å². The Hall–Kier alpha value is -3.31. The molecule has 2 heterocycles. The predicted octanol–water partition coefficient (Wildman–Crippen LogP) is 5.74. The van der Waals surface area contributed by atoms with E-state index in [1.807, 2.05) is 84.5 Å². The number of benzene rings is 2. The lowest BCUT2D eigenvalue weighted by Crippen LogP contribution is -2.11. The second-order valence-electron chi connectivity index (χ2n) is 6.63. The normalized spacial score (nSPS) is 10.7. The van der Waals surface area contributed by atoms with Crippen molar-refractivity contribution < 1.29 is 9.47 Å². The second kappa shape index (κ2) is 9.46. The van der Waals surface area contributed by atoms with Crippen LogP contribution in [0.1, 0.15) is 6.92 Å². The summed E-state index contributed by atoms with van der Waals surface area (Å²) in [5, 5.41) is 5.24. The Balaban J connectivity index is 1.44. The van der Waals surface area contributed by atoms with Crippen LogP contribution in [-0.2, 0) is 6.54 Å². The highest BCUT2D eigenvalue weighted by Gasteiger charge is 2.11. The fourth-order valence-corrected chi connectivity index (χ4v) is 3.38. The third-order valence-corrected chi connectivity index (χ3v) is 4.89. The van der Waals surface area contributed by atoms with E-state index in [1.165, 1.54) is 0 Å². The molecule has 0 aliphatic carbocycles. The molecule has 152 valence electrons. The standard InChI is InChI=1S/C24H22ClN3O2/c1-2-29-24-16-22(18-7-4-3-5-8-18)27-28(24)13-14-30-23-11-10-19(15-21(23)25)20-9-6-12-26-17-20/h3-12,15-17H,2,13-14H2,1H3. The van der Waals surface area contributed by atoms with E-state index in [0.717, 1.165) is 28.3 Å². The molecule has 0 aliphatic rings. The molecule has 0 spiro atoms. The molecule has 4 aromatic rings. The van der Waals surface area contributed by atoms with Gasteiger partial charge in [0.25, 0.3) is 0 Å². The zero-order chi connectivity index (χ0) is 20.8. The van der Waals surface area contributed by atoms with E-state index in [2.05, 4.69) is 10.1 Å². The summed E-state index contributed by atoms with van der Waals surface area (Å²) in [5.41, 5.74) is 3.93. The maximum Gasteiger partial charge on any atom is 0.212 e. The maximum atomic E-state index is 6.43. The molecule has 2 aromatic carbocycles. The monoisotopic (exact) mass is 419 g/mol. The highest BCUT2D eigenvalue weighted by molar-refractivity contribution is 6.32. The van der Waals surface area contributed by atoms with E-state index in [0.29, 0.717) is 30.5 Å². The summed E-state index contributed by atoms with van der Waals surface area (Å²) in [6, 6.07) is 21.6. The summed E-state index contributed by atoms with van der Waals surface area (Å²) in [6.45, 7) is 3.49. The molecule has 0 saturated carbocycles. The van der Waals surface area contributed by atoms with Crippen molar-refractivity contribution in [1.29, 1.82) is 0 Å². The van der Waals surface area contributed by atoms with Crippen LogP contribution in [0.5, 0.6) is 11.6 Å². The van der Waals surface area contributed by atoms with Crippen molar-refractivity contribution in [3.05, 3.63) is 84.1 Å². The van der Waals surface area contributed by atoms with Crippen molar-refractivity contribution in [2.45, 2.75) is 13.5 Å². The highest BCUT2D eigenvalue weighted by atomic mass is 35.5. The lowest BCUT2D eigenvalue weighted by molar-refractivity contribution is 0.260. The van der Waals surface area contributed by atoms with Gasteiger partial charge < -0.3 is 9.47 Å². The maximum absolute atomic E-state index is 6.43. The lowest BCUT2D eigenvalue weighted by Gasteiger charge is -2.11. The fraction of sp³-hybridized carbons (Fsp3) is 0.167. The summed E-state index contributed by atoms with van der Waals surface area (Å²) in [7, 11) is 0. The number of pyridine rings is 1. The Morgan fingerprint density at radius 3 is 2.47 bits per heavy atom. The molecule has 0 aliphatic heterocycles. The van der Waals surface area contributed by atoms with Crippen LogP contribution in [0.2, 0.25) is 5.02 Å². The van der Waals surface area contributed by atoms with E-state index >= 15 is 0 Å². The molecule has 0 N–H and O–H groups in total. The van der Waals surface area contributed by atoms with Crippen LogP contribution in [-0.4, -0.2) is 28.0 Å². The Kier molecular flexibility index (Phi) is 6.30. The summed E-state index contributed by atoms with van der Waals surface area (Å²) < 4.78 is 13.5. The minimum Gasteiger partial charge on any atom is -0.490 e. The topological polar surface area (TPSA) is 49.2 Å². The molecule has 0 saturated heterocycles. The number of rotatable bonds is 8. The minimum absolute atomic E-state index is 0.419. The van der Waals surface area contributed by atoms with Gasteiger partial charge in [-0.15, -0.1) is 0 Å². The molecule has 4 rings (SSSR count). The summed E-state index contributed by atoms with van der Waals surface area (Å²) in [4.78, 5) is 4.15. The van der Waals surface area contributed by atoms with E-state index in [4.69, 9.17) is 21.1 Å². The molecule has 0 atom stereocenters. The van der Waals surface area contributed by atoms with Crippen LogP contribution in [0.25, 0.3) is 22.4 Å². The van der Waals surface area contributed by atoms with Gasteiger partial charge in [0, 0.05) is 29.6 Å². The van der Waals surface area contributed by atoms with Crippen molar-refractivity contribution in [3.8, 4) is 34.0 Å². The van der Waals surface area contributed by atoms with Crippen LogP contribution in [0, 0.1) is 0 Å². The first-order valence-electron chi connectivity index (χ1n) is 9.83. The van der Waals surface area contributed by atoms with E-state index in [-0.39, 0.29) is 0 Å². The zero-order valence-corrected chi connectivity index (χ0v) is 17.4. The van der Waals surface area contributed by atoms with Gasteiger partial charge in [0.2, 0.25) is 5.88 Å². The first kappa shape index (κ1) is 20.0. The van der Waals surface area contributed by atoms with Gasteiger partial charge in [0.05, 0.1) is 23.9 Å².